The Bertz CT molecular complexity index is 1420. The van der Waals surface area contributed by atoms with Crippen molar-refractivity contribution in [2.24, 2.45) is 46.3 Å². The predicted molar refractivity (Wildman–Crippen MR) is 255 cm³/mol. The van der Waals surface area contributed by atoms with Gasteiger partial charge in [0.05, 0.1) is 19.4 Å². The van der Waals surface area contributed by atoms with Crippen molar-refractivity contribution in [3.63, 3.8) is 0 Å². The van der Waals surface area contributed by atoms with Gasteiger partial charge in [-0.3, -0.25) is 19.2 Å². The summed E-state index contributed by atoms with van der Waals surface area (Å²) in [4.78, 5) is 50.1. The number of allylic oxidation sites excluding steroid dienone is 1. The minimum absolute atomic E-state index is 0.0110. The summed E-state index contributed by atoms with van der Waals surface area (Å²) in [5.74, 6) is 3.57. The van der Waals surface area contributed by atoms with E-state index in [0.717, 1.165) is 119 Å². The molecule has 9 nitrogen and oxygen atoms in total. The molecule has 4 rings (SSSR count). The monoisotopic (exact) mass is 899 g/mol. The topological polar surface area (TPSA) is 125 Å². The lowest BCUT2D eigenvalue weighted by atomic mass is 9.47. The molecule has 0 aromatic rings. The lowest BCUT2D eigenvalue weighted by molar-refractivity contribution is -0.161. The molecule has 3 fully saturated rings. The number of ether oxygens (including phenoxy) is 4. The highest BCUT2D eigenvalue weighted by Gasteiger charge is 2.59. The van der Waals surface area contributed by atoms with Crippen LogP contribution in [0, 0.1) is 46.3 Å². The zero-order chi connectivity index (χ0) is 46.4. The number of rotatable bonds is 32. The third-order valence-corrected chi connectivity index (χ3v) is 16.6. The van der Waals surface area contributed by atoms with Gasteiger partial charge in [0.15, 0.2) is 0 Å². The molecule has 4 aliphatic rings. The first-order valence-electron chi connectivity index (χ1n) is 26.8. The summed E-state index contributed by atoms with van der Waals surface area (Å²) in [5.41, 5.74) is 2.17. The standard InChI is InChI=1S/C55H94O9/c1-7-44(63-52(59)26-19-15-11-10-14-18-25-50(57)61-38-21-17-13-9-8-12-16-20-37-56)40-62-51(58)31-32-53(60)64-45-33-35-54(5)43(39-45)27-28-46-48-30-29-47(42(4)24-22-23-41(2)3)55(48,6)36-34-49(46)54/h27,41-42,44-49,56H,7-26,28-40H2,1-6H3. The molecule has 0 saturated heterocycles. The van der Waals surface area contributed by atoms with Crippen LogP contribution >= 0.6 is 0 Å². The van der Waals surface area contributed by atoms with E-state index in [9.17, 15) is 19.2 Å². The number of unbranched alkanes of at least 4 members (excludes halogenated alkanes) is 12. The Hall–Kier alpha value is -2.42. The van der Waals surface area contributed by atoms with Gasteiger partial charge in [-0.15, -0.1) is 0 Å². The van der Waals surface area contributed by atoms with E-state index < -0.39 is 12.1 Å². The Morgan fingerprint density at radius 3 is 1.97 bits per heavy atom. The van der Waals surface area contributed by atoms with E-state index in [1.165, 1.54) is 82.6 Å². The molecule has 64 heavy (non-hydrogen) atoms. The Morgan fingerprint density at radius 2 is 1.30 bits per heavy atom. The molecule has 0 bridgehead atoms. The van der Waals surface area contributed by atoms with E-state index in [4.69, 9.17) is 24.1 Å². The molecule has 0 spiro atoms. The highest BCUT2D eigenvalue weighted by molar-refractivity contribution is 5.77. The Balaban J connectivity index is 1.02. The highest BCUT2D eigenvalue weighted by Crippen LogP contribution is 2.67. The van der Waals surface area contributed by atoms with Crippen molar-refractivity contribution in [3.05, 3.63) is 11.6 Å². The molecule has 0 aromatic heterocycles. The van der Waals surface area contributed by atoms with Crippen LogP contribution in [0.2, 0.25) is 0 Å². The van der Waals surface area contributed by atoms with E-state index in [1.54, 1.807) is 0 Å². The number of carbonyl (C=O) groups excluding carboxylic acids is 4. The molecular weight excluding hydrogens is 805 g/mol. The number of hydrogen-bond donors (Lipinski definition) is 1. The average Bonchev–Trinajstić information content (AvgIpc) is 3.63. The van der Waals surface area contributed by atoms with Crippen LogP contribution in [0.3, 0.4) is 0 Å². The summed E-state index contributed by atoms with van der Waals surface area (Å²) >= 11 is 0. The van der Waals surface area contributed by atoms with Gasteiger partial charge in [-0.2, -0.15) is 0 Å². The average molecular weight is 899 g/mol. The normalized spacial score (nSPS) is 27.1. The van der Waals surface area contributed by atoms with Crippen molar-refractivity contribution in [2.75, 3.05) is 19.8 Å². The Labute approximate surface area is 390 Å². The van der Waals surface area contributed by atoms with Crippen molar-refractivity contribution in [1.82, 2.24) is 0 Å². The maximum atomic E-state index is 12.9. The van der Waals surface area contributed by atoms with Gasteiger partial charge < -0.3 is 24.1 Å². The molecule has 0 amide bonds. The van der Waals surface area contributed by atoms with Crippen molar-refractivity contribution in [3.8, 4) is 0 Å². The fraction of sp³-hybridized carbons (Fsp3) is 0.891. The quantitative estimate of drug-likeness (QED) is 0.0304. The summed E-state index contributed by atoms with van der Waals surface area (Å²) in [7, 11) is 0. The van der Waals surface area contributed by atoms with E-state index in [0.29, 0.717) is 31.3 Å². The summed E-state index contributed by atoms with van der Waals surface area (Å²) in [6, 6.07) is 0. The molecule has 0 radical (unpaired) electrons. The van der Waals surface area contributed by atoms with Gasteiger partial charge in [-0.1, -0.05) is 137 Å². The summed E-state index contributed by atoms with van der Waals surface area (Å²) < 4.78 is 22.4. The first kappa shape index (κ1) is 54.2. The maximum absolute atomic E-state index is 12.9. The molecular formula is C55H94O9. The van der Waals surface area contributed by atoms with Crippen LogP contribution in [0.15, 0.2) is 11.6 Å². The second-order valence-electron chi connectivity index (χ2n) is 21.7. The van der Waals surface area contributed by atoms with Gasteiger partial charge in [0.2, 0.25) is 0 Å². The Kier molecular flexibility index (Phi) is 24.3. The van der Waals surface area contributed by atoms with Gasteiger partial charge >= 0.3 is 23.9 Å². The van der Waals surface area contributed by atoms with E-state index in [1.807, 2.05) is 6.92 Å². The minimum atomic E-state index is -0.507. The van der Waals surface area contributed by atoms with Crippen molar-refractivity contribution >= 4 is 23.9 Å². The number of fused-ring (bicyclic) bond motifs is 5. The summed E-state index contributed by atoms with van der Waals surface area (Å²) in [6.07, 6.45) is 30.9. The van der Waals surface area contributed by atoms with Crippen LogP contribution in [0.4, 0.5) is 0 Å². The molecule has 9 atom stereocenters. The first-order chi connectivity index (χ1) is 30.8. The van der Waals surface area contributed by atoms with Crippen LogP contribution in [0.5, 0.6) is 0 Å². The van der Waals surface area contributed by atoms with E-state index in [-0.39, 0.29) is 55.5 Å². The summed E-state index contributed by atoms with van der Waals surface area (Å²) in [6.45, 7) is 15.1. The van der Waals surface area contributed by atoms with Crippen LogP contribution < -0.4 is 0 Å². The van der Waals surface area contributed by atoms with Crippen LogP contribution in [-0.4, -0.2) is 61.0 Å². The van der Waals surface area contributed by atoms with Crippen molar-refractivity contribution < 1.29 is 43.2 Å². The molecule has 0 aliphatic heterocycles. The number of aliphatic hydroxyl groups is 1. The van der Waals surface area contributed by atoms with E-state index in [2.05, 4.69) is 40.7 Å². The number of aliphatic hydroxyl groups excluding tert-OH is 1. The zero-order valence-corrected chi connectivity index (χ0v) is 41.7. The SMILES string of the molecule is CCC(COC(=O)CCC(=O)OC1CCC2(C)C(=CCC3C2CCC2(C)C(C(C)CCCC(C)C)CCC32)C1)OC(=O)CCCCCCCCC(=O)OCCCCCCCCCCO. The van der Waals surface area contributed by atoms with E-state index >= 15 is 0 Å². The molecule has 9 heteroatoms. The molecule has 1 N–H and O–H groups in total. The van der Waals surface area contributed by atoms with Crippen LogP contribution in [-0.2, 0) is 38.1 Å². The van der Waals surface area contributed by atoms with Gasteiger partial charge in [0, 0.05) is 25.9 Å². The number of hydrogen-bond acceptors (Lipinski definition) is 9. The van der Waals surface area contributed by atoms with Gasteiger partial charge in [-0.05, 0) is 123 Å². The fourth-order valence-corrected chi connectivity index (χ4v) is 12.7. The molecule has 9 unspecified atom stereocenters. The smallest absolute Gasteiger partial charge is 0.306 e. The first-order valence-corrected chi connectivity index (χ1v) is 26.8. The predicted octanol–water partition coefficient (Wildman–Crippen LogP) is 13.4. The third-order valence-electron chi connectivity index (χ3n) is 16.6. The molecule has 0 aromatic carbocycles. The minimum Gasteiger partial charge on any atom is -0.466 e. The molecule has 3 saturated carbocycles. The van der Waals surface area contributed by atoms with Crippen molar-refractivity contribution in [2.45, 2.75) is 246 Å². The van der Waals surface area contributed by atoms with Crippen molar-refractivity contribution in [1.29, 1.82) is 0 Å². The Morgan fingerprint density at radius 1 is 0.672 bits per heavy atom. The number of carbonyl (C=O) groups is 4. The zero-order valence-electron chi connectivity index (χ0n) is 41.7. The second-order valence-corrected chi connectivity index (χ2v) is 21.7. The second kappa shape index (κ2) is 28.7. The summed E-state index contributed by atoms with van der Waals surface area (Å²) in [5, 5.41) is 8.82. The van der Waals surface area contributed by atoms with Gasteiger partial charge in [0.1, 0.15) is 18.8 Å². The fourth-order valence-electron chi connectivity index (χ4n) is 12.7. The third kappa shape index (κ3) is 17.3. The molecule has 4 aliphatic carbocycles. The number of esters is 4. The van der Waals surface area contributed by atoms with Gasteiger partial charge in [-0.25, -0.2) is 0 Å². The molecule has 0 heterocycles. The largest absolute Gasteiger partial charge is 0.466 e. The maximum Gasteiger partial charge on any atom is 0.306 e. The van der Waals surface area contributed by atoms with Crippen LogP contribution in [0.1, 0.15) is 234 Å². The lowest BCUT2D eigenvalue weighted by Gasteiger charge is -2.58. The highest BCUT2D eigenvalue weighted by atomic mass is 16.6. The van der Waals surface area contributed by atoms with Crippen LogP contribution in [0.25, 0.3) is 0 Å². The molecule has 368 valence electrons. The van der Waals surface area contributed by atoms with Gasteiger partial charge in [0.25, 0.3) is 0 Å². The lowest BCUT2D eigenvalue weighted by Crippen LogP contribution is -2.51.